The van der Waals surface area contributed by atoms with Gasteiger partial charge >= 0.3 is 0 Å². The molecule has 0 aliphatic heterocycles. The van der Waals surface area contributed by atoms with Crippen molar-refractivity contribution in [2.45, 2.75) is 51.5 Å². The van der Waals surface area contributed by atoms with Crippen molar-refractivity contribution in [2.24, 2.45) is 11.7 Å². The number of nitrogens with zero attached hydrogens (tertiary/aromatic N) is 1. The Morgan fingerprint density at radius 2 is 2.22 bits per heavy atom. The van der Waals surface area contributed by atoms with Crippen molar-refractivity contribution in [1.29, 1.82) is 0 Å². The summed E-state index contributed by atoms with van der Waals surface area (Å²) in [5.41, 5.74) is 7.44. The predicted molar refractivity (Wildman–Crippen MR) is 78.0 cm³/mol. The molecule has 1 heterocycles. The van der Waals surface area contributed by atoms with Crippen LogP contribution in [-0.2, 0) is 6.42 Å². The minimum Gasteiger partial charge on any atom is -0.327 e. The molecule has 1 aromatic rings. The van der Waals surface area contributed by atoms with E-state index in [0.717, 1.165) is 24.5 Å². The van der Waals surface area contributed by atoms with Crippen molar-refractivity contribution < 1.29 is 0 Å². The second kappa shape index (κ2) is 7.22. The fraction of sp³-hybridized carbons (Fsp3) is 0.786. The molecule has 2 unspecified atom stereocenters. The average molecular weight is 267 g/mol. The summed E-state index contributed by atoms with van der Waals surface area (Å²) in [5.74, 6) is 0.671. The third kappa shape index (κ3) is 4.34. The number of nitrogens with one attached hydrogen (secondary N) is 1. The van der Waals surface area contributed by atoms with Crippen LogP contribution in [0.3, 0.4) is 0 Å². The molecule has 1 aliphatic rings. The Kier molecular flexibility index (Phi) is 5.60. The summed E-state index contributed by atoms with van der Waals surface area (Å²) in [6.45, 7) is 4.16. The summed E-state index contributed by atoms with van der Waals surface area (Å²) in [5, 5.41) is 6.88. The standard InChI is InChI=1S/C14H25N3S/c1-11-17-13(10-18-11)7-8-16-9-12-5-3-2-4-6-14(12)15/h10,12,14,16H,2-9,15H2,1H3. The van der Waals surface area contributed by atoms with E-state index in [1.165, 1.54) is 37.8 Å². The van der Waals surface area contributed by atoms with Gasteiger partial charge in [-0.15, -0.1) is 11.3 Å². The number of hydrogen-bond donors (Lipinski definition) is 2. The van der Waals surface area contributed by atoms with Crippen molar-refractivity contribution in [2.75, 3.05) is 13.1 Å². The van der Waals surface area contributed by atoms with Crippen molar-refractivity contribution in [1.82, 2.24) is 10.3 Å². The zero-order valence-electron chi connectivity index (χ0n) is 11.3. The third-order valence-electron chi connectivity index (χ3n) is 3.85. The van der Waals surface area contributed by atoms with Crippen LogP contribution in [0, 0.1) is 12.8 Å². The topological polar surface area (TPSA) is 50.9 Å². The number of nitrogens with two attached hydrogens (primary N) is 1. The lowest BCUT2D eigenvalue weighted by atomic mass is 9.95. The van der Waals surface area contributed by atoms with E-state index in [1.54, 1.807) is 11.3 Å². The molecule has 1 aromatic heterocycles. The molecule has 0 radical (unpaired) electrons. The summed E-state index contributed by atoms with van der Waals surface area (Å²) in [6, 6.07) is 0.404. The largest absolute Gasteiger partial charge is 0.327 e. The molecule has 18 heavy (non-hydrogen) atoms. The zero-order chi connectivity index (χ0) is 12.8. The molecule has 1 saturated carbocycles. The molecular formula is C14H25N3S. The molecule has 1 fully saturated rings. The van der Waals surface area contributed by atoms with Gasteiger partial charge in [-0.3, -0.25) is 0 Å². The zero-order valence-corrected chi connectivity index (χ0v) is 12.1. The molecule has 0 amide bonds. The molecule has 0 aromatic carbocycles. The Balaban J connectivity index is 1.65. The molecule has 1 aliphatic carbocycles. The lowest BCUT2D eigenvalue weighted by molar-refractivity contribution is 0.376. The molecule has 3 N–H and O–H groups in total. The number of thiazole rings is 1. The van der Waals surface area contributed by atoms with E-state index in [4.69, 9.17) is 5.73 Å². The second-order valence-corrected chi connectivity index (χ2v) is 6.44. The number of aromatic nitrogens is 1. The molecule has 2 atom stereocenters. The van der Waals surface area contributed by atoms with Crippen molar-refractivity contribution in [3.63, 3.8) is 0 Å². The van der Waals surface area contributed by atoms with Gasteiger partial charge in [-0.1, -0.05) is 19.3 Å². The fourth-order valence-electron chi connectivity index (χ4n) is 2.69. The van der Waals surface area contributed by atoms with Crippen LogP contribution in [0.1, 0.15) is 42.8 Å². The lowest BCUT2D eigenvalue weighted by Gasteiger charge is -2.21. The van der Waals surface area contributed by atoms with Gasteiger partial charge in [0.15, 0.2) is 0 Å². The van der Waals surface area contributed by atoms with Gasteiger partial charge in [-0.25, -0.2) is 4.98 Å². The quantitative estimate of drug-likeness (QED) is 0.636. The summed E-state index contributed by atoms with van der Waals surface area (Å²) in [7, 11) is 0. The first-order chi connectivity index (χ1) is 8.75. The van der Waals surface area contributed by atoms with Gasteiger partial charge < -0.3 is 11.1 Å². The van der Waals surface area contributed by atoms with Crippen LogP contribution in [0.4, 0.5) is 0 Å². The molecular weight excluding hydrogens is 242 g/mol. The van der Waals surface area contributed by atoms with E-state index >= 15 is 0 Å². The number of aryl methyl sites for hydroxylation is 1. The van der Waals surface area contributed by atoms with Crippen molar-refractivity contribution in [3.05, 3.63) is 16.1 Å². The maximum absolute atomic E-state index is 6.22. The van der Waals surface area contributed by atoms with Crippen molar-refractivity contribution >= 4 is 11.3 Å². The monoisotopic (exact) mass is 267 g/mol. The smallest absolute Gasteiger partial charge is 0.0897 e. The highest BCUT2D eigenvalue weighted by Crippen LogP contribution is 2.21. The molecule has 4 heteroatoms. The van der Waals surface area contributed by atoms with Crippen LogP contribution >= 0.6 is 11.3 Å². The van der Waals surface area contributed by atoms with Gasteiger partial charge in [-0.05, 0) is 32.2 Å². The maximum Gasteiger partial charge on any atom is 0.0897 e. The minimum absolute atomic E-state index is 0.404. The van der Waals surface area contributed by atoms with Gasteiger partial charge in [-0.2, -0.15) is 0 Å². The van der Waals surface area contributed by atoms with E-state index in [9.17, 15) is 0 Å². The normalized spacial score (nSPS) is 25.0. The molecule has 0 bridgehead atoms. The van der Waals surface area contributed by atoms with E-state index < -0.39 is 0 Å². The van der Waals surface area contributed by atoms with Gasteiger partial charge in [0.2, 0.25) is 0 Å². The van der Waals surface area contributed by atoms with E-state index in [0.29, 0.717) is 12.0 Å². The van der Waals surface area contributed by atoms with E-state index in [2.05, 4.69) is 22.6 Å². The first-order valence-corrected chi connectivity index (χ1v) is 8.01. The van der Waals surface area contributed by atoms with Gasteiger partial charge in [0.1, 0.15) is 0 Å². The highest BCUT2D eigenvalue weighted by atomic mass is 32.1. The lowest BCUT2D eigenvalue weighted by Crippen LogP contribution is -2.37. The fourth-order valence-corrected chi connectivity index (χ4v) is 3.34. The van der Waals surface area contributed by atoms with Gasteiger partial charge in [0.25, 0.3) is 0 Å². The molecule has 3 nitrogen and oxygen atoms in total. The van der Waals surface area contributed by atoms with Crippen LogP contribution in [0.15, 0.2) is 5.38 Å². The molecule has 0 saturated heterocycles. The van der Waals surface area contributed by atoms with Crippen molar-refractivity contribution in [3.8, 4) is 0 Å². The SMILES string of the molecule is Cc1nc(CCNCC2CCCCCC2N)cs1. The first-order valence-electron chi connectivity index (χ1n) is 7.13. The minimum atomic E-state index is 0.404. The molecule has 2 rings (SSSR count). The Bertz CT molecular complexity index is 351. The predicted octanol–water partition coefficient (Wildman–Crippen LogP) is 2.49. The van der Waals surface area contributed by atoms with Crippen LogP contribution in [0.5, 0.6) is 0 Å². The summed E-state index contributed by atoms with van der Waals surface area (Å²) < 4.78 is 0. The van der Waals surface area contributed by atoms with E-state index in [-0.39, 0.29) is 0 Å². The molecule has 102 valence electrons. The van der Waals surface area contributed by atoms with Crippen LogP contribution in [-0.4, -0.2) is 24.1 Å². The number of hydrogen-bond acceptors (Lipinski definition) is 4. The van der Waals surface area contributed by atoms with E-state index in [1.807, 2.05) is 0 Å². The van der Waals surface area contributed by atoms with Crippen LogP contribution in [0.25, 0.3) is 0 Å². The first kappa shape index (κ1) is 14.0. The van der Waals surface area contributed by atoms with Crippen LogP contribution in [0.2, 0.25) is 0 Å². The average Bonchev–Trinajstić information content (AvgIpc) is 2.65. The highest BCUT2D eigenvalue weighted by Gasteiger charge is 2.19. The van der Waals surface area contributed by atoms with Crippen LogP contribution < -0.4 is 11.1 Å². The van der Waals surface area contributed by atoms with Gasteiger partial charge in [0.05, 0.1) is 10.7 Å². The Labute approximate surface area is 114 Å². The molecule has 0 spiro atoms. The number of rotatable bonds is 5. The Morgan fingerprint density at radius 3 is 3.00 bits per heavy atom. The Hall–Kier alpha value is -0.450. The Morgan fingerprint density at radius 1 is 1.39 bits per heavy atom. The summed E-state index contributed by atoms with van der Waals surface area (Å²) in [6.07, 6.45) is 7.57. The van der Waals surface area contributed by atoms with Gasteiger partial charge in [0, 0.05) is 24.4 Å². The summed E-state index contributed by atoms with van der Waals surface area (Å²) in [4.78, 5) is 4.48. The third-order valence-corrected chi connectivity index (χ3v) is 4.67. The maximum atomic E-state index is 6.22. The summed E-state index contributed by atoms with van der Waals surface area (Å²) >= 11 is 1.73. The highest BCUT2D eigenvalue weighted by molar-refractivity contribution is 7.09. The second-order valence-electron chi connectivity index (χ2n) is 5.37.